The number of carbonyl (C=O) groups is 1. The highest BCUT2D eigenvalue weighted by Gasteiger charge is 2.17. The lowest BCUT2D eigenvalue weighted by Crippen LogP contribution is -1.95. The minimum absolute atomic E-state index is 0.0823. The van der Waals surface area contributed by atoms with Gasteiger partial charge in [0.25, 0.3) is 0 Å². The molecule has 0 spiro atoms. The molecule has 2 aromatic carbocycles. The molecule has 0 aromatic heterocycles. The van der Waals surface area contributed by atoms with Crippen LogP contribution in [0, 0.1) is 10.1 Å². The maximum absolute atomic E-state index is 11.0. The number of rotatable bonds is 5. The summed E-state index contributed by atoms with van der Waals surface area (Å²) in [6, 6.07) is 10.6. The van der Waals surface area contributed by atoms with E-state index in [2.05, 4.69) is 0 Å². The first-order valence-electron chi connectivity index (χ1n) is 5.69. The molecule has 20 heavy (non-hydrogen) atoms. The second-order valence-electron chi connectivity index (χ2n) is 3.88. The highest BCUT2D eigenvalue weighted by Crippen LogP contribution is 2.34. The Balaban J connectivity index is 2.37. The average molecular weight is 273 g/mol. The summed E-state index contributed by atoms with van der Waals surface area (Å²) in [7, 11) is 1.42. The highest BCUT2D eigenvalue weighted by molar-refractivity contribution is 5.75. The number of hydrogen-bond donors (Lipinski definition) is 0. The van der Waals surface area contributed by atoms with Gasteiger partial charge in [-0.2, -0.15) is 0 Å². The summed E-state index contributed by atoms with van der Waals surface area (Å²) in [5, 5.41) is 11.0. The van der Waals surface area contributed by atoms with Crippen molar-refractivity contribution in [2.24, 2.45) is 0 Å². The van der Waals surface area contributed by atoms with Crippen molar-refractivity contribution in [2.75, 3.05) is 7.11 Å². The third-order valence-corrected chi connectivity index (χ3v) is 2.58. The van der Waals surface area contributed by atoms with E-state index in [1.54, 1.807) is 24.3 Å². The third kappa shape index (κ3) is 2.92. The SMILES string of the molecule is COc1ccc(Oc2cccc(C=O)c2)c([N+](=O)[O-])c1. The van der Waals surface area contributed by atoms with Crippen molar-refractivity contribution in [1.82, 2.24) is 0 Å². The number of aldehydes is 1. The minimum atomic E-state index is -0.554. The molecule has 102 valence electrons. The molecule has 0 amide bonds. The molecule has 0 radical (unpaired) electrons. The van der Waals surface area contributed by atoms with Gasteiger partial charge in [0.05, 0.1) is 18.1 Å². The lowest BCUT2D eigenvalue weighted by molar-refractivity contribution is -0.385. The Labute approximate surface area is 114 Å². The number of nitrogens with zero attached hydrogens (tertiary/aromatic N) is 1. The van der Waals surface area contributed by atoms with Crippen molar-refractivity contribution in [3.63, 3.8) is 0 Å². The Bertz CT molecular complexity index is 654. The number of carbonyl (C=O) groups excluding carboxylic acids is 1. The molecule has 0 saturated carbocycles. The van der Waals surface area contributed by atoms with E-state index in [0.717, 1.165) is 0 Å². The minimum Gasteiger partial charge on any atom is -0.496 e. The monoisotopic (exact) mass is 273 g/mol. The summed E-state index contributed by atoms with van der Waals surface area (Å²) in [4.78, 5) is 21.2. The number of methoxy groups -OCH3 is 1. The van der Waals surface area contributed by atoms with E-state index in [9.17, 15) is 14.9 Å². The smallest absolute Gasteiger partial charge is 0.315 e. The van der Waals surface area contributed by atoms with Crippen LogP contribution in [0.1, 0.15) is 10.4 Å². The molecule has 0 atom stereocenters. The molecule has 0 aliphatic rings. The zero-order valence-electron chi connectivity index (χ0n) is 10.6. The normalized spacial score (nSPS) is 9.85. The Morgan fingerprint density at radius 3 is 2.60 bits per heavy atom. The zero-order chi connectivity index (χ0) is 14.5. The molecular weight excluding hydrogens is 262 g/mol. The van der Waals surface area contributed by atoms with E-state index in [1.165, 1.54) is 25.3 Å². The van der Waals surface area contributed by atoms with Crippen molar-refractivity contribution in [3.8, 4) is 17.2 Å². The molecule has 2 rings (SSSR count). The Hall–Kier alpha value is -2.89. The lowest BCUT2D eigenvalue weighted by atomic mass is 10.2. The summed E-state index contributed by atoms with van der Waals surface area (Å²) < 4.78 is 10.4. The van der Waals surface area contributed by atoms with Crippen LogP contribution < -0.4 is 9.47 Å². The highest BCUT2D eigenvalue weighted by atomic mass is 16.6. The van der Waals surface area contributed by atoms with E-state index in [1.807, 2.05) is 0 Å². The molecule has 0 saturated heterocycles. The van der Waals surface area contributed by atoms with Crippen molar-refractivity contribution in [1.29, 1.82) is 0 Å². The Morgan fingerprint density at radius 1 is 1.15 bits per heavy atom. The molecule has 0 heterocycles. The predicted molar refractivity (Wildman–Crippen MR) is 71.6 cm³/mol. The summed E-state index contributed by atoms with van der Waals surface area (Å²) >= 11 is 0. The van der Waals surface area contributed by atoms with Gasteiger partial charge in [-0.05, 0) is 24.3 Å². The Morgan fingerprint density at radius 2 is 1.95 bits per heavy atom. The molecule has 0 unspecified atom stereocenters. The fraction of sp³-hybridized carbons (Fsp3) is 0.0714. The van der Waals surface area contributed by atoms with Crippen LogP contribution in [0.5, 0.6) is 17.2 Å². The standard InChI is InChI=1S/C14H11NO5/c1-19-11-5-6-14(13(8-11)15(17)18)20-12-4-2-3-10(7-12)9-16/h2-9H,1H3. The summed E-state index contributed by atoms with van der Waals surface area (Å²) in [5.74, 6) is 0.799. The van der Waals surface area contributed by atoms with E-state index in [4.69, 9.17) is 9.47 Å². The number of nitro groups is 1. The molecule has 0 fully saturated rings. The summed E-state index contributed by atoms with van der Waals surface area (Å²) in [6.07, 6.45) is 0.676. The van der Waals surface area contributed by atoms with Crippen LogP contribution >= 0.6 is 0 Å². The summed E-state index contributed by atoms with van der Waals surface area (Å²) in [5.41, 5.74) is 0.222. The first kappa shape index (κ1) is 13.5. The molecule has 6 heteroatoms. The van der Waals surface area contributed by atoms with Gasteiger partial charge in [0.15, 0.2) is 0 Å². The van der Waals surface area contributed by atoms with Crippen molar-refractivity contribution in [2.45, 2.75) is 0 Å². The van der Waals surface area contributed by atoms with Crippen molar-refractivity contribution < 1.29 is 19.2 Å². The lowest BCUT2D eigenvalue weighted by Gasteiger charge is -2.08. The number of nitro benzene ring substituents is 1. The van der Waals surface area contributed by atoms with Crippen LogP contribution in [0.2, 0.25) is 0 Å². The van der Waals surface area contributed by atoms with Crippen LogP contribution in [0.3, 0.4) is 0 Å². The van der Waals surface area contributed by atoms with Gasteiger partial charge in [0, 0.05) is 5.56 Å². The van der Waals surface area contributed by atoms with E-state index < -0.39 is 4.92 Å². The van der Waals surface area contributed by atoms with E-state index in [-0.39, 0.29) is 11.4 Å². The summed E-state index contributed by atoms with van der Waals surface area (Å²) in [6.45, 7) is 0. The van der Waals surface area contributed by atoms with Gasteiger partial charge < -0.3 is 9.47 Å². The fourth-order valence-corrected chi connectivity index (χ4v) is 1.63. The van der Waals surface area contributed by atoms with Crippen LogP contribution in [0.15, 0.2) is 42.5 Å². The molecule has 0 aliphatic carbocycles. The van der Waals surface area contributed by atoms with Crippen molar-refractivity contribution >= 4 is 12.0 Å². The number of ether oxygens (including phenoxy) is 2. The van der Waals surface area contributed by atoms with Crippen LogP contribution in [-0.2, 0) is 0 Å². The van der Waals surface area contributed by atoms with Gasteiger partial charge in [0.1, 0.15) is 17.8 Å². The topological polar surface area (TPSA) is 78.7 Å². The van der Waals surface area contributed by atoms with E-state index in [0.29, 0.717) is 23.3 Å². The van der Waals surface area contributed by atoms with Gasteiger partial charge >= 0.3 is 5.69 Å². The van der Waals surface area contributed by atoms with Crippen LogP contribution in [0.4, 0.5) is 5.69 Å². The maximum Gasteiger partial charge on any atom is 0.315 e. The number of hydrogen-bond acceptors (Lipinski definition) is 5. The fourth-order valence-electron chi connectivity index (χ4n) is 1.63. The van der Waals surface area contributed by atoms with E-state index >= 15 is 0 Å². The molecule has 0 N–H and O–H groups in total. The average Bonchev–Trinajstić information content (AvgIpc) is 2.47. The van der Waals surface area contributed by atoms with Gasteiger partial charge in [-0.15, -0.1) is 0 Å². The van der Waals surface area contributed by atoms with Crippen LogP contribution in [-0.4, -0.2) is 18.3 Å². The molecule has 2 aromatic rings. The second-order valence-corrected chi connectivity index (χ2v) is 3.88. The second kappa shape index (κ2) is 5.83. The molecule has 0 bridgehead atoms. The zero-order valence-corrected chi connectivity index (χ0v) is 10.6. The Kier molecular flexibility index (Phi) is 3.95. The first-order chi connectivity index (χ1) is 9.63. The van der Waals surface area contributed by atoms with Gasteiger partial charge in [-0.25, -0.2) is 0 Å². The van der Waals surface area contributed by atoms with Crippen molar-refractivity contribution in [3.05, 3.63) is 58.1 Å². The van der Waals surface area contributed by atoms with Crippen LogP contribution in [0.25, 0.3) is 0 Å². The van der Waals surface area contributed by atoms with Gasteiger partial charge in [-0.1, -0.05) is 12.1 Å². The quantitative estimate of drug-likeness (QED) is 0.475. The largest absolute Gasteiger partial charge is 0.496 e. The predicted octanol–water partition coefficient (Wildman–Crippen LogP) is 3.21. The molecule has 0 aliphatic heterocycles. The molecule has 6 nitrogen and oxygen atoms in total. The maximum atomic E-state index is 11.0. The third-order valence-electron chi connectivity index (χ3n) is 2.58. The van der Waals surface area contributed by atoms with Gasteiger partial charge in [0.2, 0.25) is 5.75 Å². The van der Waals surface area contributed by atoms with Gasteiger partial charge in [-0.3, -0.25) is 14.9 Å². The number of benzene rings is 2. The first-order valence-corrected chi connectivity index (χ1v) is 5.69. The molecular formula is C14H11NO5.